The molecule has 0 amide bonds. The number of aromatic amines is 1. The van der Waals surface area contributed by atoms with Crippen LogP contribution in [0.2, 0.25) is 0 Å². The van der Waals surface area contributed by atoms with Gasteiger partial charge in [0.1, 0.15) is 11.5 Å². The maximum absolute atomic E-state index is 13.4. The van der Waals surface area contributed by atoms with E-state index in [1.807, 2.05) is 0 Å². The second-order valence-electron chi connectivity index (χ2n) is 4.24. The van der Waals surface area contributed by atoms with Gasteiger partial charge in [-0.05, 0) is 40.2 Å². The molecule has 0 saturated carbocycles. The molecule has 3 aromatic rings. The van der Waals surface area contributed by atoms with E-state index >= 15 is 0 Å². The molecule has 20 heavy (non-hydrogen) atoms. The quantitative estimate of drug-likeness (QED) is 0.649. The number of nitrogens with one attached hydrogen (secondary N) is 1. The lowest BCUT2D eigenvalue weighted by Crippen LogP contribution is -2.01. The number of aromatic nitrogens is 2. The van der Waals surface area contributed by atoms with Crippen molar-refractivity contribution in [1.82, 2.24) is 9.97 Å². The van der Waals surface area contributed by atoms with E-state index in [9.17, 15) is 9.18 Å². The molecule has 6 heteroatoms. The van der Waals surface area contributed by atoms with Gasteiger partial charge in [-0.1, -0.05) is 15.9 Å². The third kappa shape index (κ3) is 2.41. The Kier molecular flexibility index (Phi) is 3.43. The normalized spacial score (nSPS) is 10.9. The average molecular weight is 398 g/mol. The van der Waals surface area contributed by atoms with E-state index in [1.165, 1.54) is 12.1 Å². The third-order valence-corrected chi connectivity index (χ3v) is 3.76. The Hall–Kier alpha value is -1.53. The summed E-state index contributed by atoms with van der Waals surface area (Å²) in [5.41, 5.74) is 1.37. The molecular weight excluding hydrogens is 391 g/mol. The zero-order valence-electron chi connectivity index (χ0n) is 9.95. The number of halogens is 3. The number of ketones is 1. The molecule has 2 heterocycles. The van der Waals surface area contributed by atoms with Gasteiger partial charge in [-0.3, -0.25) is 4.79 Å². The van der Waals surface area contributed by atoms with Crippen LogP contribution in [0.3, 0.4) is 0 Å². The van der Waals surface area contributed by atoms with Crippen LogP contribution in [0.15, 0.2) is 45.6 Å². The van der Waals surface area contributed by atoms with E-state index in [2.05, 4.69) is 41.8 Å². The molecule has 3 rings (SSSR count). The topological polar surface area (TPSA) is 45.8 Å². The molecule has 0 aliphatic rings. The molecule has 1 aromatic carbocycles. The molecule has 0 aliphatic carbocycles. The summed E-state index contributed by atoms with van der Waals surface area (Å²) in [6.07, 6.45) is 3.23. The van der Waals surface area contributed by atoms with Crippen LogP contribution in [0.4, 0.5) is 4.39 Å². The number of pyridine rings is 1. The molecule has 2 aromatic heterocycles. The predicted molar refractivity (Wildman–Crippen MR) is 81.3 cm³/mol. The molecular formula is C14H7Br2FN2O. The largest absolute Gasteiger partial charge is 0.345 e. The van der Waals surface area contributed by atoms with E-state index in [4.69, 9.17) is 0 Å². The highest BCUT2D eigenvalue weighted by Gasteiger charge is 2.16. The molecule has 3 nitrogen and oxygen atoms in total. The van der Waals surface area contributed by atoms with Crippen molar-refractivity contribution < 1.29 is 9.18 Å². The van der Waals surface area contributed by atoms with Gasteiger partial charge >= 0.3 is 0 Å². The van der Waals surface area contributed by atoms with Crippen LogP contribution in [0.25, 0.3) is 11.0 Å². The first-order valence-electron chi connectivity index (χ1n) is 5.68. The van der Waals surface area contributed by atoms with Crippen molar-refractivity contribution in [3.63, 3.8) is 0 Å². The second-order valence-corrected chi connectivity index (χ2v) is 6.07. The minimum atomic E-state index is -0.457. The predicted octanol–water partition coefficient (Wildman–Crippen LogP) is 4.46. The van der Waals surface area contributed by atoms with Crippen LogP contribution in [-0.2, 0) is 0 Å². The first-order chi connectivity index (χ1) is 9.54. The summed E-state index contributed by atoms with van der Waals surface area (Å²) in [6, 6.07) is 5.93. The van der Waals surface area contributed by atoms with E-state index < -0.39 is 5.82 Å². The van der Waals surface area contributed by atoms with Crippen molar-refractivity contribution in [1.29, 1.82) is 0 Å². The molecule has 0 atom stereocenters. The Morgan fingerprint density at radius 2 is 1.95 bits per heavy atom. The second kappa shape index (κ2) is 5.10. The standard InChI is InChI=1S/C14H7Br2FN2O/c15-8-1-7(2-10(17)3-8)13(20)12-6-19-14-11(12)4-9(16)5-18-14/h1-6H,(H,18,19). The van der Waals surface area contributed by atoms with E-state index in [0.29, 0.717) is 21.1 Å². The van der Waals surface area contributed by atoms with Crippen LogP contribution < -0.4 is 0 Å². The van der Waals surface area contributed by atoms with Gasteiger partial charge in [-0.25, -0.2) is 9.37 Å². The van der Waals surface area contributed by atoms with Crippen LogP contribution >= 0.6 is 31.9 Å². The SMILES string of the molecule is O=C(c1cc(F)cc(Br)c1)c1c[nH]c2ncc(Br)cc12. The van der Waals surface area contributed by atoms with Gasteiger partial charge in [0.15, 0.2) is 5.78 Å². The van der Waals surface area contributed by atoms with Crippen molar-refractivity contribution in [2.75, 3.05) is 0 Å². The van der Waals surface area contributed by atoms with Gasteiger partial charge in [0.2, 0.25) is 0 Å². The van der Waals surface area contributed by atoms with E-state index in [0.717, 1.165) is 4.47 Å². The number of hydrogen-bond acceptors (Lipinski definition) is 2. The number of benzene rings is 1. The van der Waals surface area contributed by atoms with Gasteiger partial charge < -0.3 is 4.98 Å². The third-order valence-electron chi connectivity index (χ3n) is 2.87. The van der Waals surface area contributed by atoms with Crippen molar-refractivity contribution in [3.05, 3.63) is 62.5 Å². The minimum Gasteiger partial charge on any atom is -0.345 e. The molecule has 0 spiro atoms. The zero-order chi connectivity index (χ0) is 14.3. The fraction of sp³-hybridized carbons (Fsp3) is 0. The Bertz CT molecular complexity index is 809. The van der Waals surface area contributed by atoms with Crippen molar-refractivity contribution >= 4 is 48.7 Å². The summed E-state index contributed by atoms with van der Waals surface area (Å²) >= 11 is 6.51. The maximum atomic E-state index is 13.4. The number of H-pyrrole nitrogens is 1. The fourth-order valence-corrected chi connectivity index (χ4v) is 2.80. The van der Waals surface area contributed by atoms with Crippen molar-refractivity contribution in [2.45, 2.75) is 0 Å². The highest BCUT2D eigenvalue weighted by Crippen LogP contribution is 2.24. The molecule has 0 saturated heterocycles. The minimum absolute atomic E-state index is 0.253. The van der Waals surface area contributed by atoms with Crippen molar-refractivity contribution in [3.8, 4) is 0 Å². The number of hydrogen-bond donors (Lipinski definition) is 1. The molecule has 0 fully saturated rings. The number of nitrogens with zero attached hydrogens (tertiary/aromatic N) is 1. The monoisotopic (exact) mass is 396 g/mol. The fourth-order valence-electron chi connectivity index (χ4n) is 2.01. The Balaban J connectivity index is 2.15. The smallest absolute Gasteiger partial charge is 0.195 e. The summed E-state index contributed by atoms with van der Waals surface area (Å²) in [4.78, 5) is 19.6. The van der Waals surface area contributed by atoms with Crippen LogP contribution in [0, 0.1) is 5.82 Å². The summed E-state index contributed by atoms with van der Waals surface area (Å²) in [5, 5.41) is 0.699. The number of carbonyl (C=O) groups is 1. The Labute approximate surface area is 130 Å². The van der Waals surface area contributed by atoms with Gasteiger partial charge in [0.05, 0.1) is 0 Å². The molecule has 0 unspecified atom stereocenters. The lowest BCUT2D eigenvalue weighted by atomic mass is 10.0. The molecule has 0 bridgehead atoms. The Morgan fingerprint density at radius 3 is 2.70 bits per heavy atom. The van der Waals surface area contributed by atoms with E-state index in [1.54, 1.807) is 24.5 Å². The van der Waals surface area contributed by atoms with Gasteiger partial charge in [-0.15, -0.1) is 0 Å². The first-order valence-corrected chi connectivity index (χ1v) is 7.26. The molecule has 0 aliphatic heterocycles. The lowest BCUT2D eigenvalue weighted by molar-refractivity contribution is 0.104. The Morgan fingerprint density at radius 1 is 1.15 bits per heavy atom. The summed E-state index contributed by atoms with van der Waals surface area (Å²) in [7, 11) is 0. The molecule has 1 N–H and O–H groups in total. The summed E-state index contributed by atoms with van der Waals surface area (Å²) in [5.74, 6) is -0.710. The first kappa shape index (κ1) is 13.5. The van der Waals surface area contributed by atoms with Crippen LogP contribution in [0.1, 0.15) is 15.9 Å². The van der Waals surface area contributed by atoms with Gasteiger partial charge in [-0.2, -0.15) is 0 Å². The molecule has 0 radical (unpaired) electrons. The lowest BCUT2D eigenvalue weighted by Gasteiger charge is -2.01. The average Bonchev–Trinajstić information content (AvgIpc) is 2.79. The number of carbonyl (C=O) groups excluding carboxylic acids is 1. The van der Waals surface area contributed by atoms with Crippen molar-refractivity contribution in [2.24, 2.45) is 0 Å². The van der Waals surface area contributed by atoms with Crippen LogP contribution in [0.5, 0.6) is 0 Å². The maximum Gasteiger partial charge on any atom is 0.195 e. The van der Waals surface area contributed by atoms with Gasteiger partial charge in [0, 0.05) is 37.9 Å². The summed E-state index contributed by atoms with van der Waals surface area (Å²) in [6.45, 7) is 0. The van der Waals surface area contributed by atoms with E-state index in [-0.39, 0.29) is 11.3 Å². The van der Waals surface area contributed by atoms with Gasteiger partial charge in [0.25, 0.3) is 0 Å². The molecule has 100 valence electrons. The zero-order valence-corrected chi connectivity index (χ0v) is 13.1. The van der Waals surface area contributed by atoms with Crippen LogP contribution in [-0.4, -0.2) is 15.8 Å². The highest BCUT2D eigenvalue weighted by atomic mass is 79.9. The summed E-state index contributed by atoms with van der Waals surface area (Å²) < 4.78 is 14.7. The number of fused-ring (bicyclic) bond motifs is 1. The highest BCUT2D eigenvalue weighted by molar-refractivity contribution is 9.10. The number of rotatable bonds is 2.